The molecular formula is C28H29ClF3N3O4S. The number of anilines is 1. The second kappa shape index (κ2) is 13.2. The Bertz CT molecular complexity index is 1440. The molecule has 40 heavy (non-hydrogen) atoms. The fraction of sp³-hybridized carbons (Fsp3) is 0.286. The van der Waals surface area contributed by atoms with Gasteiger partial charge in [-0.3, -0.25) is 13.9 Å². The zero-order valence-electron chi connectivity index (χ0n) is 21.9. The highest BCUT2D eigenvalue weighted by Crippen LogP contribution is 2.33. The van der Waals surface area contributed by atoms with E-state index in [0.717, 1.165) is 17.0 Å². The molecule has 3 aromatic carbocycles. The van der Waals surface area contributed by atoms with Gasteiger partial charge in [0.05, 0.1) is 16.1 Å². The number of halogens is 4. The predicted octanol–water partition coefficient (Wildman–Crippen LogP) is 5.50. The van der Waals surface area contributed by atoms with E-state index in [1.165, 1.54) is 37.3 Å². The van der Waals surface area contributed by atoms with Crippen molar-refractivity contribution in [3.63, 3.8) is 0 Å². The molecule has 1 atom stereocenters. The van der Waals surface area contributed by atoms with E-state index in [0.29, 0.717) is 33.9 Å². The highest BCUT2D eigenvalue weighted by Gasteiger charge is 2.35. The first-order valence-electron chi connectivity index (χ1n) is 12.4. The second-order valence-electron chi connectivity index (χ2n) is 8.95. The van der Waals surface area contributed by atoms with Gasteiger partial charge in [-0.15, -0.1) is 0 Å². The van der Waals surface area contributed by atoms with Crippen LogP contribution in [-0.2, 0) is 32.3 Å². The van der Waals surface area contributed by atoms with Crippen molar-refractivity contribution in [1.82, 2.24) is 10.2 Å². The first-order valence-corrected chi connectivity index (χ1v) is 14.2. The van der Waals surface area contributed by atoms with Crippen molar-refractivity contribution in [3.05, 3.63) is 95.0 Å². The van der Waals surface area contributed by atoms with Gasteiger partial charge in [0.25, 0.3) is 10.0 Å². The number of alkyl halides is 3. The van der Waals surface area contributed by atoms with Gasteiger partial charge < -0.3 is 10.2 Å². The summed E-state index contributed by atoms with van der Waals surface area (Å²) in [6, 6.07) is 16.4. The summed E-state index contributed by atoms with van der Waals surface area (Å²) in [7, 11) is -4.49. The van der Waals surface area contributed by atoms with Gasteiger partial charge in [-0.1, -0.05) is 61.0 Å². The van der Waals surface area contributed by atoms with Crippen molar-refractivity contribution < 1.29 is 31.2 Å². The molecule has 0 unspecified atom stereocenters. The van der Waals surface area contributed by atoms with E-state index in [1.807, 2.05) is 6.92 Å². The van der Waals surface area contributed by atoms with Crippen molar-refractivity contribution in [2.75, 3.05) is 17.4 Å². The minimum atomic E-state index is -4.75. The van der Waals surface area contributed by atoms with Gasteiger partial charge in [0.1, 0.15) is 12.6 Å². The lowest BCUT2D eigenvalue weighted by Crippen LogP contribution is -2.51. The molecular weight excluding hydrogens is 567 g/mol. The van der Waals surface area contributed by atoms with Gasteiger partial charge in [-0.2, -0.15) is 13.2 Å². The molecule has 12 heteroatoms. The molecule has 0 fully saturated rings. The first kappa shape index (κ1) is 31.0. The summed E-state index contributed by atoms with van der Waals surface area (Å²) in [5.41, 5.74) is -0.928. The Balaban J connectivity index is 2.08. The monoisotopic (exact) mass is 595 g/mol. The van der Waals surface area contributed by atoms with Crippen molar-refractivity contribution in [2.24, 2.45) is 0 Å². The number of rotatable bonds is 11. The van der Waals surface area contributed by atoms with E-state index in [-0.39, 0.29) is 17.1 Å². The standard InChI is InChI=1S/C28H29ClF3N3O4S/c1-3-16-33-27(37)20(2)34(18-21-10-7-8-15-25(21)29)26(36)19-35(40(38,39)24-13-5-4-6-14-24)23-12-9-11-22(17-23)28(30,31)32/h4-15,17,20H,3,16,18-19H2,1-2H3,(H,33,37)/t20-/m0/s1. The van der Waals surface area contributed by atoms with E-state index in [2.05, 4.69) is 5.32 Å². The number of hydrogen-bond donors (Lipinski definition) is 1. The van der Waals surface area contributed by atoms with Crippen LogP contribution in [0.3, 0.4) is 0 Å². The maximum Gasteiger partial charge on any atom is 0.416 e. The third-order valence-corrected chi connectivity index (χ3v) is 8.24. The molecule has 7 nitrogen and oxygen atoms in total. The lowest BCUT2D eigenvalue weighted by Gasteiger charge is -2.32. The fourth-order valence-electron chi connectivity index (χ4n) is 3.87. The maximum atomic E-state index is 13.8. The normalized spacial score (nSPS) is 12.4. The molecule has 0 aliphatic heterocycles. The largest absolute Gasteiger partial charge is 0.416 e. The topological polar surface area (TPSA) is 86.8 Å². The molecule has 0 saturated carbocycles. The average Bonchev–Trinajstić information content (AvgIpc) is 2.93. The quantitative estimate of drug-likeness (QED) is 0.317. The van der Waals surface area contributed by atoms with Crippen molar-refractivity contribution >= 4 is 39.1 Å². The Labute approximate surface area is 236 Å². The van der Waals surface area contributed by atoms with Crippen LogP contribution in [0, 0.1) is 0 Å². The number of carbonyl (C=O) groups is 2. The lowest BCUT2D eigenvalue weighted by atomic mass is 10.1. The van der Waals surface area contributed by atoms with E-state index < -0.39 is 46.2 Å². The van der Waals surface area contributed by atoms with Crippen LogP contribution in [0.2, 0.25) is 5.02 Å². The van der Waals surface area contributed by atoms with E-state index >= 15 is 0 Å². The molecule has 0 bridgehead atoms. The van der Waals surface area contributed by atoms with Gasteiger partial charge in [-0.25, -0.2) is 8.42 Å². The van der Waals surface area contributed by atoms with Crippen LogP contribution in [-0.4, -0.2) is 44.3 Å². The van der Waals surface area contributed by atoms with Gasteiger partial charge >= 0.3 is 6.18 Å². The molecule has 214 valence electrons. The predicted molar refractivity (Wildman–Crippen MR) is 147 cm³/mol. The van der Waals surface area contributed by atoms with E-state index in [4.69, 9.17) is 11.6 Å². The van der Waals surface area contributed by atoms with Crippen LogP contribution in [0.4, 0.5) is 18.9 Å². The number of nitrogens with one attached hydrogen (secondary N) is 1. The van der Waals surface area contributed by atoms with Crippen LogP contribution in [0.15, 0.2) is 83.8 Å². The molecule has 0 radical (unpaired) electrons. The molecule has 3 aromatic rings. The summed E-state index contributed by atoms with van der Waals surface area (Å²) in [4.78, 5) is 27.6. The molecule has 2 amide bonds. The van der Waals surface area contributed by atoms with Crippen LogP contribution < -0.4 is 9.62 Å². The van der Waals surface area contributed by atoms with Crippen molar-refractivity contribution in [2.45, 2.75) is 43.9 Å². The van der Waals surface area contributed by atoms with Crippen LogP contribution >= 0.6 is 11.6 Å². The number of benzene rings is 3. The Hall–Kier alpha value is -3.57. The highest BCUT2D eigenvalue weighted by molar-refractivity contribution is 7.92. The zero-order chi connectivity index (χ0) is 29.5. The summed E-state index contributed by atoms with van der Waals surface area (Å²) in [6.07, 6.45) is -4.10. The smallest absolute Gasteiger partial charge is 0.354 e. The second-order valence-corrected chi connectivity index (χ2v) is 11.2. The Morgan fingerprint density at radius 3 is 2.25 bits per heavy atom. The molecule has 0 aliphatic rings. The van der Waals surface area contributed by atoms with Gasteiger partial charge in [0.2, 0.25) is 11.8 Å². The fourth-order valence-corrected chi connectivity index (χ4v) is 5.50. The number of nitrogens with zero attached hydrogens (tertiary/aromatic N) is 2. The summed E-state index contributed by atoms with van der Waals surface area (Å²) in [5.74, 6) is -1.28. The molecule has 0 heterocycles. The first-order chi connectivity index (χ1) is 18.9. The lowest BCUT2D eigenvalue weighted by molar-refractivity contribution is -0.139. The zero-order valence-corrected chi connectivity index (χ0v) is 23.4. The Kier molecular flexibility index (Phi) is 10.2. The molecule has 1 N–H and O–H groups in total. The minimum Gasteiger partial charge on any atom is -0.354 e. The van der Waals surface area contributed by atoms with Gasteiger partial charge in [-0.05, 0) is 55.3 Å². The molecule has 3 rings (SSSR count). The maximum absolute atomic E-state index is 13.8. The SMILES string of the molecule is CCCNC(=O)[C@H](C)N(Cc1ccccc1Cl)C(=O)CN(c1cccc(C(F)(F)F)c1)S(=O)(=O)c1ccccc1. The number of amides is 2. The van der Waals surface area contributed by atoms with Gasteiger partial charge in [0.15, 0.2) is 0 Å². The summed E-state index contributed by atoms with van der Waals surface area (Å²) in [5, 5.41) is 3.04. The van der Waals surface area contributed by atoms with E-state index in [9.17, 15) is 31.2 Å². The van der Waals surface area contributed by atoms with Crippen LogP contribution in [0.5, 0.6) is 0 Å². The number of sulfonamides is 1. The van der Waals surface area contributed by atoms with Crippen LogP contribution in [0.1, 0.15) is 31.4 Å². The third-order valence-electron chi connectivity index (χ3n) is 6.09. The number of carbonyl (C=O) groups excluding carboxylic acids is 2. The molecule has 0 saturated heterocycles. The van der Waals surface area contributed by atoms with E-state index in [1.54, 1.807) is 30.3 Å². The van der Waals surface area contributed by atoms with Crippen molar-refractivity contribution in [1.29, 1.82) is 0 Å². The molecule has 0 aromatic heterocycles. The summed E-state index contributed by atoms with van der Waals surface area (Å²) >= 11 is 6.30. The number of hydrogen-bond acceptors (Lipinski definition) is 4. The molecule has 0 spiro atoms. The van der Waals surface area contributed by atoms with Crippen LogP contribution in [0.25, 0.3) is 0 Å². The van der Waals surface area contributed by atoms with Gasteiger partial charge in [0, 0.05) is 18.1 Å². The Morgan fingerprint density at radius 1 is 0.975 bits per heavy atom. The summed E-state index contributed by atoms with van der Waals surface area (Å²) < 4.78 is 68.5. The molecule has 0 aliphatic carbocycles. The minimum absolute atomic E-state index is 0.138. The van der Waals surface area contributed by atoms with Crippen molar-refractivity contribution in [3.8, 4) is 0 Å². The highest BCUT2D eigenvalue weighted by atomic mass is 35.5. The third kappa shape index (κ3) is 7.54. The average molecular weight is 596 g/mol. The Morgan fingerprint density at radius 2 is 1.62 bits per heavy atom. The summed E-state index contributed by atoms with van der Waals surface area (Å²) in [6.45, 7) is 2.70.